The summed E-state index contributed by atoms with van der Waals surface area (Å²) >= 11 is 0. The average molecular weight is 359 g/mol. The highest BCUT2D eigenvalue weighted by molar-refractivity contribution is 5.85. The van der Waals surface area contributed by atoms with Crippen molar-refractivity contribution in [2.24, 2.45) is 0 Å². The summed E-state index contributed by atoms with van der Waals surface area (Å²) in [6, 6.07) is 10.3. The van der Waals surface area contributed by atoms with Gasteiger partial charge in [0.2, 0.25) is 0 Å². The first-order valence-electron chi connectivity index (χ1n) is 8.09. The second kappa shape index (κ2) is 9.03. The number of anilines is 1. The molecule has 0 aliphatic rings. The third kappa shape index (κ3) is 5.76. The molecule has 3 N–H and O–H groups in total. The van der Waals surface area contributed by atoms with Crippen LogP contribution in [0.25, 0.3) is 6.08 Å². The molecular formula is C18H23ClN6. The molecule has 0 aliphatic heterocycles. The van der Waals surface area contributed by atoms with Crippen molar-refractivity contribution in [3.8, 4) is 0 Å². The molecule has 7 heteroatoms. The van der Waals surface area contributed by atoms with E-state index in [2.05, 4.69) is 45.4 Å². The number of nitrogens with zero attached hydrogens (tertiary/aromatic N) is 4. The lowest BCUT2D eigenvalue weighted by Crippen LogP contribution is -1.99. The summed E-state index contributed by atoms with van der Waals surface area (Å²) < 4.78 is 1.89. The minimum absolute atomic E-state index is 0. The Balaban J connectivity index is 0.00000225. The smallest absolute Gasteiger partial charge is 0.197 e. The Morgan fingerprint density at radius 1 is 1.24 bits per heavy atom. The van der Waals surface area contributed by atoms with E-state index in [9.17, 15) is 0 Å². The van der Waals surface area contributed by atoms with Crippen LogP contribution >= 0.6 is 12.4 Å². The molecule has 0 spiro atoms. The molecule has 0 amide bonds. The first-order chi connectivity index (χ1) is 11.7. The van der Waals surface area contributed by atoms with Gasteiger partial charge >= 0.3 is 0 Å². The highest BCUT2D eigenvalue weighted by Gasteiger charge is 2.03. The largest absolute Gasteiger partial charge is 0.369 e. The van der Waals surface area contributed by atoms with Gasteiger partial charge in [-0.2, -0.15) is 0 Å². The molecule has 0 aliphatic carbocycles. The van der Waals surface area contributed by atoms with E-state index in [0.717, 1.165) is 37.2 Å². The molecule has 0 atom stereocenters. The van der Waals surface area contributed by atoms with Gasteiger partial charge in [-0.15, -0.1) is 17.5 Å². The molecule has 0 unspecified atom stereocenters. The molecule has 3 rings (SSSR count). The van der Waals surface area contributed by atoms with Crippen LogP contribution in [0, 0.1) is 0 Å². The Morgan fingerprint density at radius 2 is 2.04 bits per heavy atom. The fourth-order valence-electron chi connectivity index (χ4n) is 2.63. The minimum atomic E-state index is 0. The van der Waals surface area contributed by atoms with Gasteiger partial charge in [-0.25, -0.2) is 9.67 Å². The van der Waals surface area contributed by atoms with E-state index in [1.165, 1.54) is 11.1 Å². The summed E-state index contributed by atoms with van der Waals surface area (Å²) in [5.74, 6) is 0.469. The van der Waals surface area contributed by atoms with Crippen molar-refractivity contribution in [3.05, 3.63) is 65.2 Å². The zero-order valence-electron chi connectivity index (χ0n) is 14.2. The van der Waals surface area contributed by atoms with E-state index in [-0.39, 0.29) is 12.4 Å². The van der Waals surface area contributed by atoms with Crippen LogP contribution in [0.15, 0.2) is 48.3 Å². The number of aromatic nitrogens is 5. The summed E-state index contributed by atoms with van der Waals surface area (Å²) in [5, 5.41) is 8.46. The lowest BCUT2D eigenvalue weighted by atomic mass is 10.1. The van der Waals surface area contributed by atoms with Gasteiger partial charge < -0.3 is 10.7 Å². The number of rotatable bonds is 7. The number of hydrogen-bond donors (Lipinski definition) is 2. The lowest BCUT2D eigenvalue weighted by molar-refractivity contribution is 0.643. The molecule has 0 saturated carbocycles. The minimum Gasteiger partial charge on any atom is -0.369 e. The van der Waals surface area contributed by atoms with Crippen molar-refractivity contribution in [2.75, 3.05) is 5.73 Å². The van der Waals surface area contributed by atoms with Crippen molar-refractivity contribution in [3.63, 3.8) is 0 Å². The van der Waals surface area contributed by atoms with Crippen molar-refractivity contribution in [1.82, 2.24) is 25.0 Å². The second-order valence-electron chi connectivity index (χ2n) is 5.96. The molecule has 2 aromatic heterocycles. The first kappa shape index (κ1) is 18.7. The number of nitrogens with two attached hydrogens (primary N) is 1. The molecule has 0 saturated heterocycles. The number of H-pyrrole nitrogens is 1. The molecule has 25 heavy (non-hydrogen) atoms. The van der Waals surface area contributed by atoms with Crippen LogP contribution in [0.3, 0.4) is 0 Å². The Morgan fingerprint density at radius 3 is 2.76 bits per heavy atom. The van der Waals surface area contributed by atoms with Crippen molar-refractivity contribution in [2.45, 2.75) is 32.7 Å². The highest BCUT2D eigenvalue weighted by atomic mass is 35.5. The van der Waals surface area contributed by atoms with E-state index in [0.29, 0.717) is 5.95 Å². The van der Waals surface area contributed by atoms with Crippen LogP contribution in [0.2, 0.25) is 0 Å². The SMILES string of the molecule is C/C(=C\c1ccccc1)Cn1cc(CCCc2cnc(N)[nH]2)nn1.Cl. The van der Waals surface area contributed by atoms with Crippen molar-refractivity contribution >= 4 is 24.4 Å². The van der Waals surface area contributed by atoms with Crippen LogP contribution in [0.1, 0.15) is 30.3 Å². The third-order valence-electron chi connectivity index (χ3n) is 3.74. The molecule has 0 fully saturated rings. The van der Waals surface area contributed by atoms with Crippen LogP contribution in [-0.2, 0) is 19.4 Å². The number of nitrogen functional groups attached to an aromatic ring is 1. The molecule has 6 nitrogen and oxygen atoms in total. The van der Waals surface area contributed by atoms with Gasteiger partial charge in [0.15, 0.2) is 5.95 Å². The van der Waals surface area contributed by atoms with Gasteiger partial charge in [-0.1, -0.05) is 47.2 Å². The van der Waals surface area contributed by atoms with Gasteiger partial charge in [-0.3, -0.25) is 0 Å². The molecule has 0 bridgehead atoms. The number of benzene rings is 1. The van der Waals surface area contributed by atoms with E-state index in [4.69, 9.17) is 5.73 Å². The number of nitrogens with one attached hydrogen (secondary N) is 1. The zero-order valence-corrected chi connectivity index (χ0v) is 15.0. The maximum atomic E-state index is 5.57. The molecule has 3 aromatic rings. The Bertz CT molecular complexity index is 806. The van der Waals surface area contributed by atoms with Crippen LogP contribution in [0.4, 0.5) is 5.95 Å². The van der Waals surface area contributed by atoms with Gasteiger partial charge in [0.25, 0.3) is 0 Å². The van der Waals surface area contributed by atoms with E-state index >= 15 is 0 Å². The number of aryl methyl sites for hydroxylation is 2. The molecule has 2 heterocycles. The average Bonchev–Trinajstić information content (AvgIpc) is 3.17. The molecule has 0 radical (unpaired) electrons. The maximum absolute atomic E-state index is 5.57. The monoisotopic (exact) mass is 358 g/mol. The van der Waals surface area contributed by atoms with E-state index < -0.39 is 0 Å². The molecule has 1 aromatic carbocycles. The quantitative estimate of drug-likeness (QED) is 0.678. The lowest BCUT2D eigenvalue weighted by Gasteiger charge is -2.01. The standard InChI is InChI=1S/C18H22N6.ClH/c1-14(10-15-6-3-2-4-7-15)12-24-13-17(22-23-24)9-5-8-16-11-20-18(19)21-16;/h2-4,6-7,10-11,13H,5,8-9,12H2,1H3,(H3,19,20,21);1H/b14-10+;. The number of hydrogen-bond acceptors (Lipinski definition) is 4. The summed E-state index contributed by atoms with van der Waals surface area (Å²) in [5.41, 5.74) is 10.1. The van der Waals surface area contributed by atoms with Crippen molar-refractivity contribution in [1.29, 1.82) is 0 Å². The van der Waals surface area contributed by atoms with Crippen LogP contribution < -0.4 is 5.73 Å². The van der Waals surface area contributed by atoms with E-state index in [1.54, 1.807) is 6.20 Å². The van der Waals surface area contributed by atoms with Crippen molar-refractivity contribution < 1.29 is 0 Å². The zero-order chi connectivity index (χ0) is 16.8. The topological polar surface area (TPSA) is 85.4 Å². The van der Waals surface area contributed by atoms with Crippen LogP contribution in [-0.4, -0.2) is 25.0 Å². The third-order valence-corrected chi connectivity index (χ3v) is 3.74. The Hall–Kier alpha value is -2.60. The van der Waals surface area contributed by atoms with Crippen LogP contribution in [0.5, 0.6) is 0 Å². The normalized spacial score (nSPS) is 11.3. The molecular weight excluding hydrogens is 336 g/mol. The number of halogens is 1. The predicted octanol–water partition coefficient (Wildman–Crippen LogP) is 3.28. The Labute approximate surface area is 153 Å². The van der Waals surface area contributed by atoms with Gasteiger partial charge in [0.1, 0.15) is 0 Å². The number of aromatic amines is 1. The predicted molar refractivity (Wildman–Crippen MR) is 102 cm³/mol. The highest BCUT2D eigenvalue weighted by Crippen LogP contribution is 2.09. The van der Waals surface area contributed by atoms with Gasteiger partial charge in [-0.05, 0) is 31.7 Å². The van der Waals surface area contributed by atoms with E-state index in [1.807, 2.05) is 29.1 Å². The summed E-state index contributed by atoms with van der Waals surface area (Å²) in [7, 11) is 0. The fraction of sp³-hybridized carbons (Fsp3) is 0.278. The maximum Gasteiger partial charge on any atom is 0.197 e. The number of allylic oxidation sites excluding steroid dienone is 1. The first-order valence-corrected chi connectivity index (χ1v) is 8.09. The van der Waals surface area contributed by atoms with Gasteiger partial charge in [0.05, 0.1) is 18.4 Å². The molecule has 132 valence electrons. The second-order valence-corrected chi connectivity index (χ2v) is 5.96. The Kier molecular flexibility index (Phi) is 6.77. The number of imidazole rings is 1. The summed E-state index contributed by atoms with van der Waals surface area (Å²) in [4.78, 5) is 7.03. The fourth-order valence-corrected chi connectivity index (χ4v) is 2.63. The summed E-state index contributed by atoms with van der Waals surface area (Å²) in [6.07, 6.45) is 8.75. The van der Waals surface area contributed by atoms with Gasteiger partial charge in [0, 0.05) is 11.9 Å². The summed E-state index contributed by atoms with van der Waals surface area (Å²) in [6.45, 7) is 2.86.